The number of sulfonamides is 1. The fraction of sp³-hybridized carbons (Fsp3) is 0.400. The molecule has 1 aliphatic rings. The number of anilines is 1. The van der Waals surface area contributed by atoms with Crippen molar-refractivity contribution in [1.82, 2.24) is 8.87 Å². The van der Waals surface area contributed by atoms with E-state index in [2.05, 4.69) is 19.2 Å². The molecule has 2 aromatic rings. The Balaban J connectivity index is 1.74. The number of rotatable bonds is 4. The van der Waals surface area contributed by atoms with Crippen LogP contribution >= 0.6 is 0 Å². The van der Waals surface area contributed by atoms with E-state index in [1.165, 1.54) is 29.0 Å². The van der Waals surface area contributed by atoms with Gasteiger partial charge >= 0.3 is 0 Å². The third-order valence-electron chi connectivity index (χ3n) is 4.95. The summed E-state index contributed by atoms with van der Waals surface area (Å²) in [6.07, 6.45) is 2.55. The van der Waals surface area contributed by atoms with Crippen molar-refractivity contribution in [2.45, 2.75) is 25.2 Å². The zero-order valence-electron chi connectivity index (χ0n) is 16.3. The molecule has 2 heterocycles. The molecule has 0 saturated carbocycles. The third-order valence-corrected chi connectivity index (χ3v) is 6.80. The lowest BCUT2D eigenvalue weighted by atomic mass is 9.94. The predicted molar refractivity (Wildman–Crippen MR) is 108 cm³/mol. The molecule has 2 unspecified atom stereocenters. The zero-order chi connectivity index (χ0) is 20.5. The molecule has 7 nitrogen and oxygen atoms in total. The van der Waals surface area contributed by atoms with Crippen LogP contribution in [0.25, 0.3) is 0 Å². The van der Waals surface area contributed by atoms with Gasteiger partial charge in [0.1, 0.15) is 0 Å². The van der Waals surface area contributed by atoms with E-state index in [4.69, 9.17) is 0 Å². The standard InChI is InChI=1S/C20H25N3O4S/c1-14-10-15(2)13-23(12-14)28(26,27)18-6-4-17(5-7-18)21-20(25)16-8-9-22(3)19(24)11-16/h4-9,11,14-15H,10,12-13H2,1-3H3,(H,21,25). The highest BCUT2D eigenvalue weighted by atomic mass is 32.2. The molecule has 1 fully saturated rings. The molecule has 28 heavy (non-hydrogen) atoms. The van der Waals surface area contributed by atoms with Crippen molar-refractivity contribution >= 4 is 21.6 Å². The summed E-state index contributed by atoms with van der Waals surface area (Å²) >= 11 is 0. The van der Waals surface area contributed by atoms with Gasteiger partial charge in [-0.15, -0.1) is 0 Å². The number of piperidine rings is 1. The molecule has 0 spiro atoms. The molecule has 1 saturated heterocycles. The lowest BCUT2D eigenvalue weighted by molar-refractivity contribution is 0.102. The molecule has 8 heteroatoms. The van der Waals surface area contributed by atoms with Crippen LogP contribution in [0.4, 0.5) is 5.69 Å². The molecule has 3 rings (SSSR count). The Labute approximate surface area is 165 Å². The Morgan fingerprint density at radius 2 is 1.68 bits per heavy atom. The summed E-state index contributed by atoms with van der Waals surface area (Å²) < 4.78 is 28.7. The van der Waals surface area contributed by atoms with Gasteiger partial charge in [-0.1, -0.05) is 13.8 Å². The highest BCUT2D eigenvalue weighted by Crippen LogP contribution is 2.27. The lowest BCUT2D eigenvalue weighted by Gasteiger charge is -2.34. The van der Waals surface area contributed by atoms with Gasteiger partial charge in [-0.05, 0) is 48.6 Å². The summed E-state index contributed by atoms with van der Waals surface area (Å²) in [6.45, 7) is 5.17. The number of carbonyl (C=O) groups excluding carboxylic acids is 1. The molecule has 1 aromatic heterocycles. The molecular weight excluding hydrogens is 378 g/mol. The molecule has 1 aromatic carbocycles. The van der Waals surface area contributed by atoms with Crippen LogP contribution in [-0.4, -0.2) is 36.3 Å². The van der Waals surface area contributed by atoms with E-state index in [1.54, 1.807) is 29.6 Å². The van der Waals surface area contributed by atoms with Crippen LogP contribution in [0.3, 0.4) is 0 Å². The second-order valence-corrected chi connectivity index (χ2v) is 9.55. The fourth-order valence-electron chi connectivity index (χ4n) is 3.55. The van der Waals surface area contributed by atoms with Crippen molar-refractivity contribution in [3.8, 4) is 0 Å². The van der Waals surface area contributed by atoms with E-state index < -0.39 is 15.9 Å². The van der Waals surface area contributed by atoms with Crippen LogP contribution in [0.1, 0.15) is 30.6 Å². The van der Waals surface area contributed by atoms with E-state index in [9.17, 15) is 18.0 Å². The summed E-state index contributed by atoms with van der Waals surface area (Å²) in [5.41, 5.74) is 0.431. The van der Waals surface area contributed by atoms with Crippen LogP contribution in [0, 0.1) is 11.8 Å². The first-order valence-electron chi connectivity index (χ1n) is 9.25. The summed E-state index contributed by atoms with van der Waals surface area (Å²) in [5, 5.41) is 2.68. The van der Waals surface area contributed by atoms with E-state index in [0.29, 0.717) is 30.6 Å². The van der Waals surface area contributed by atoms with E-state index >= 15 is 0 Å². The van der Waals surface area contributed by atoms with Gasteiger partial charge in [0.15, 0.2) is 0 Å². The number of benzene rings is 1. The van der Waals surface area contributed by atoms with Gasteiger partial charge in [-0.3, -0.25) is 9.59 Å². The summed E-state index contributed by atoms with van der Waals surface area (Å²) in [4.78, 5) is 24.2. The number of aryl methyl sites for hydroxylation is 1. The van der Waals surface area contributed by atoms with Crippen LogP contribution in [0.2, 0.25) is 0 Å². The Kier molecular flexibility index (Phi) is 5.71. The summed E-state index contributed by atoms with van der Waals surface area (Å²) in [5.74, 6) is 0.235. The Bertz CT molecular complexity index is 1020. The molecule has 150 valence electrons. The first-order valence-corrected chi connectivity index (χ1v) is 10.7. The number of pyridine rings is 1. The largest absolute Gasteiger partial charge is 0.322 e. The maximum atomic E-state index is 12.9. The molecule has 0 radical (unpaired) electrons. The first kappa shape index (κ1) is 20.3. The van der Waals surface area contributed by atoms with Crippen LogP contribution < -0.4 is 10.9 Å². The quantitative estimate of drug-likeness (QED) is 0.848. The maximum Gasteiger partial charge on any atom is 0.255 e. The topological polar surface area (TPSA) is 88.5 Å². The monoisotopic (exact) mass is 403 g/mol. The van der Waals surface area contributed by atoms with E-state index in [-0.39, 0.29) is 16.0 Å². The van der Waals surface area contributed by atoms with Crippen molar-refractivity contribution in [2.24, 2.45) is 18.9 Å². The number of carbonyl (C=O) groups is 1. The third kappa shape index (κ3) is 4.34. The smallest absolute Gasteiger partial charge is 0.255 e. The predicted octanol–water partition coefficient (Wildman–Crippen LogP) is 2.30. The zero-order valence-corrected chi connectivity index (χ0v) is 17.1. The minimum absolute atomic E-state index is 0.209. The number of nitrogens with one attached hydrogen (secondary N) is 1. The van der Waals surface area contributed by atoms with Crippen molar-refractivity contribution in [1.29, 1.82) is 0 Å². The number of aromatic nitrogens is 1. The highest BCUT2D eigenvalue weighted by molar-refractivity contribution is 7.89. The summed E-state index contributed by atoms with van der Waals surface area (Å²) in [6, 6.07) is 8.92. The second-order valence-electron chi connectivity index (χ2n) is 7.61. The van der Waals surface area contributed by atoms with Gasteiger partial charge in [0.25, 0.3) is 11.5 Å². The van der Waals surface area contributed by atoms with E-state index in [0.717, 1.165) is 6.42 Å². The van der Waals surface area contributed by atoms with Gasteiger partial charge < -0.3 is 9.88 Å². The van der Waals surface area contributed by atoms with Gasteiger partial charge in [0.2, 0.25) is 10.0 Å². The minimum atomic E-state index is -3.56. The lowest BCUT2D eigenvalue weighted by Crippen LogP contribution is -2.42. The van der Waals surface area contributed by atoms with Gasteiger partial charge in [-0.2, -0.15) is 4.31 Å². The Morgan fingerprint density at radius 3 is 2.25 bits per heavy atom. The average Bonchev–Trinajstić information content (AvgIpc) is 2.63. The van der Waals surface area contributed by atoms with Crippen LogP contribution in [0.5, 0.6) is 0 Å². The number of hydrogen-bond donors (Lipinski definition) is 1. The normalized spacial score (nSPS) is 20.7. The first-order chi connectivity index (χ1) is 13.2. The molecule has 1 N–H and O–H groups in total. The number of hydrogen-bond acceptors (Lipinski definition) is 4. The minimum Gasteiger partial charge on any atom is -0.322 e. The maximum absolute atomic E-state index is 12.9. The van der Waals surface area contributed by atoms with Crippen molar-refractivity contribution < 1.29 is 13.2 Å². The van der Waals surface area contributed by atoms with Crippen molar-refractivity contribution in [3.05, 3.63) is 58.5 Å². The van der Waals surface area contributed by atoms with Crippen molar-refractivity contribution in [2.75, 3.05) is 18.4 Å². The molecule has 0 bridgehead atoms. The van der Waals surface area contributed by atoms with Gasteiger partial charge in [0, 0.05) is 43.7 Å². The van der Waals surface area contributed by atoms with Crippen LogP contribution in [-0.2, 0) is 17.1 Å². The average molecular weight is 404 g/mol. The number of nitrogens with zero attached hydrogens (tertiary/aromatic N) is 2. The van der Waals surface area contributed by atoms with Gasteiger partial charge in [0.05, 0.1) is 4.90 Å². The van der Waals surface area contributed by atoms with E-state index in [1.807, 2.05) is 0 Å². The highest BCUT2D eigenvalue weighted by Gasteiger charge is 2.31. The fourth-order valence-corrected chi connectivity index (χ4v) is 5.23. The Hall–Kier alpha value is -2.45. The SMILES string of the molecule is CC1CC(C)CN(S(=O)(=O)c2ccc(NC(=O)c3ccn(C)c(=O)c3)cc2)C1. The summed E-state index contributed by atoms with van der Waals surface area (Å²) in [7, 11) is -1.95. The molecular formula is C20H25N3O4S. The molecule has 1 amide bonds. The molecule has 0 aliphatic carbocycles. The second kappa shape index (κ2) is 7.89. The van der Waals surface area contributed by atoms with Crippen LogP contribution in [0.15, 0.2) is 52.3 Å². The van der Waals surface area contributed by atoms with Gasteiger partial charge in [-0.25, -0.2) is 8.42 Å². The molecule has 2 atom stereocenters. The Morgan fingerprint density at radius 1 is 1.07 bits per heavy atom. The van der Waals surface area contributed by atoms with Crippen molar-refractivity contribution in [3.63, 3.8) is 0 Å². The number of amides is 1. The molecule has 1 aliphatic heterocycles.